The highest BCUT2D eigenvalue weighted by Gasteiger charge is 2.26. The molecule has 1 heterocycles. The number of aliphatic imine (C=N–C) groups is 1. The Hall–Kier alpha value is -1.64. The second kappa shape index (κ2) is 10.4. The molecule has 1 unspecified atom stereocenters. The minimum absolute atomic E-state index is 0.0117. The van der Waals surface area contributed by atoms with Crippen LogP contribution in [-0.4, -0.2) is 58.6 Å². The van der Waals surface area contributed by atoms with E-state index >= 15 is 0 Å². The van der Waals surface area contributed by atoms with Crippen LogP contribution in [0.5, 0.6) is 0 Å². The van der Waals surface area contributed by atoms with Crippen LogP contribution in [0.2, 0.25) is 0 Å². The Morgan fingerprint density at radius 2 is 1.90 bits per heavy atom. The molecule has 1 aliphatic heterocycles. The van der Waals surface area contributed by atoms with Gasteiger partial charge in [-0.1, -0.05) is 39.3 Å². The van der Waals surface area contributed by atoms with Gasteiger partial charge in [0.05, 0.1) is 11.0 Å². The second-order valence-corrected chi connectivity index (χ2v) is 10.4. The molecule has 0 aromatic heterocycles. The molecule has 0 spiro atoms. The Morgan fingerprint density at radius 3 is 2.48 bits per heavy atom. The van der Waals surface area contributed by atoms with Crippen molar-refractivity contribution in [3.05, 3.63) is 29.8 Å². The monoisotopic (exact) mass is 424 g/mol. The van der Waals surface area contributed by atoms with Gasteiger partial charge in [-0.05, 0) is 36.0 Å². The predicted molar refractivity (Wildman–Crippen MR) is 118 cm³/mol. The van der Waals surface area contributed by atoms with E-state index in [4.69, 9.17) is 4.74 Å². The number of methoxy groups -OCH3 is 1. The molecule has 0 aliphatic carbocycles. The van der Waals surface area contributed by atoms with Gasteiger partial charge in [-0.15, -0.1) is 0 Å². The van der Waals surface area contributed by atoms with Gasteiger partial charge in [-0.3, -0.25) is 4.99 Å². The fourth-order valence-corrected chi connectivity index (χ4v) is 5.00. The van der Waals surface area contributed by atoms with E-state index in [-0.39, 0.29) is 11.5 Å². The first-order valence-corrected chi connectivity index (χ1v) is 11.7. The van der Waals surface area contributed by atoms with E-state index in [0.717, 1.165) is 24.8 Å². The number of sulfonamides is 1. The van der Waals surface area contributed by atoms with Gasteiger partial charge in [0.1, 0.15) is 0 Å². The minimum Gasteiger partial charge on any atom is -0.379 e. The summed E-state index contributed by atoms with van der Waals surface area (Å²) < 4.78 is 33.0. The molecule has 1 aromatic rings. The topological polar surface area (TPSA) is 83.0 Å². The van der Waals surface area contributed by atoms with E-state index in [1.54, 1.807) is 36.7 Å². The van der Waals surface area contributed by atoms with Crippen LogP contribution in [0.4, 0.5) is 0 Å². The lowest BCUT2D eigenvalue weighted by Gasteiger charge is -2.30. The first-order valence-electron chi connectivity index (χ1n) is 10.2. The Labute approximate surface area is 176 Å². The number of benzene rings is 1. The first-order chi connectivity index (χ1) is 13.7. The molecule has 1 atom stereocenters. The third-order valence-electron chi connectivity index (χ3n) is 5.24. The molecular weight excluding hydrogens is 388 g/mol. The van der Waals surface area contributed by atoms with Crippen molar-refractivity contribution in [1.29, 1.82) is 0 Å². The molecule has 0 amide bonds. The molecule has 1 aromatic carbocycles. The van der Waals surface area contributed by atoms with Crippen molar-refractivity contribution in [2.45, 2.75) is 57.6 Å². The Balaban J connectivity index is 1.99. The van der Waals surface area contributed by atoms with Gasteiger partial charge in [0, 0.05) is 40.3 Å². The van der Waals surface area contributed by atoms with E-state index in [0.29, 0.717) is 37.0 Å². The first kappa shape index (κ1) is 23.6. The molecule has 0 radical (unpaired) electrons. The molecule has 8 heteroatoms. The van der Waals surface area contributed by atoms with Gasteiger partial charge >= 0.3 is 0 Å². The van der Waals surface area contributed by atoms with Crippen molar-refractivity contribution in [1.82, 2.24) is 14.9 Å². The molecule has 7 nitrogen and oxygen atoms in total. The van der Waals surface area contributed by atoms with Crippen molar-refractivity contribution in [3.63, 3.8) is 0 Å². The fourth-order valence-electron chi connectivity index (χ4n) is 3.41. The van der Waals surface area contributed by atoms with Crippen molar-refractivity contribution in [3.8, 4) is 0 Å². The summed E-state index contributed by atoms with van der Waals surface area (Å²) in [6.07, 6.45) is 3.00. The largest absolute Gasteiger partial charge is 0.379 e. The number of hydrogen-bond acceptors (Lipinski definition) is 4. The summed E-state index contributed by atoms with van der Waals surface area (Å²) in [5, 5.41) is 6.53. The van der Waals surface area contributed by atoms with E-state index in [1.807, 2.05) is 6.07 Å². The molecule has 0 bridgehead atoms. The van der Waals surface area contributed by atoms with E-state index in [9.17, 15) is 8.42 Å². The van der Waals surface area contributed by atoms with Gasteiger partial charge in [0.25, 0.3) is 0 Å². The number of hydrogen-bond donors (Lipinski definition) is 2. The number of rotatable bonds is 7. The normalized spacial score (nSPS) is 17.8. The highest BCUT2D eigenvalue weighted by molar-refractivity contribution is 7.89. The Kier molecular flexibility index (Phi) is 8.48. The average Bonchev–Trinajstić information content (AvgIpc) is 2.70. The fraction of sp³-hybridized carbons (Fsp3) is 0.667. The third kappa shape index (κ3) is 6.69. The highest BCUT2D eigenvalue weighted by atomic mass is 32.2. The number of nitrogens with one attached hydrogen (secondary N) is 2. The average molecular weight is 425 g/mol. The molecule has 1 saturated heterocycles. The van der Waals surface area contributed by atoms with Crippen LogP contribution >= 0.6 is 0 Å². The summed E-state index contributed by atoms with van der Waals surface area (Å²) in [7, 11) is -0.00258. The minimum atomic E-state index is -3.43. The second-order valence-electron chi connectivity index (χ2n) is 8.51. The third-order valence-corrected chi connectivity index (χ3v) is 7.13. The number of nitrogens with zero attached hydrogens (tertiary/aromatic N) is 2. The molecule has 1 fully saturated rings. The maximum absolute atomic E-state index is 12.9. The van der Waals surface area contributed by atoms with Gasteiger partial charge in [0.15, 0.2) is 5.96 Å². The number of ether oxygens (including phenoxy) is 1. The molecule has 0 saturated carbocycles. The molecule has 1 aliphatic rings. The van der Waals surface area contributed by atoms with E-state index in [2.05, 4.69) is 36.4 Å². The zero-order valence-corrected chi connectivity index (χ0v) is 19.2. The molecule has 2 N–H and O–H groups in total. The van der Waals surface area contributed by atoms with Crippen LogP contribution in [-0.2, 0) is 21.3 Å². The van der Waals surface area contributed by atoms with Crippen molar-refractivity contribution >= 4 is 16.0 Å². The lowest BCUT2D eigenvalue weighted by atomic mass is 9.89. The summed E-state index contributed by atoms with van der Waals surface area (Å²) in [6, 6.07) is 7.14. The Bertz CT molecular complexity index is 781. The quantitative estimate of drug-likeness (QED) is 0.519. The smallest absolute Gasteiger partial charge is 0.243 e. The molecule has 164 valence electrons. The Morgan fingerprint density at radius 1 is 1.21 bits per heavy atom. The zero-order chi connectivity index (χ0) is 21.5. The summed E-state index contributed by atoms with van der Waals surface area (Å²) in [5.74, 6) is 0.653. The number of piperidine rings is 1. The summed E-state index contributed by atoms with van der Waals surface area (Å²) in [5.41, 5.74) is 0.905. The van der Waals surface area contributed by atoms with Crippen LogP contribution in [0.25, 0.3) is 0 Å². The summed E-state index contributed by atoms with van der Waals surface area (Å²) in [6.45, 7) is 8.72. The maximum atomic E-state index is 12.9. The van der Waals surface area contributed by atoms with Crippen LogP contribution in [0.15, 0.2) is 34.2 Å². The summed E-state index contributed by atoms with van der Waals surface area (Å²) in [4.78, 5) is 4.60. The SMILES string of the molecule is CN=C(NCc1cccc(S(=O)(=O)N2CCCCC2)c1)NCC(OC)C(C)(C)C. The molecule has 2 rings (SSSR count). The standard InChI is InChI=1S/C21H36N4O3S/c1-21(2,3)19(28-5)16-24-20(22-4)23-15-17-10-9-11-18(14-17)29(26,27)25-12-7-6-8-13-25/h9-11,14,19H,6-8,12-13,15-16H2,1-5H3,(H2,22,23,24). The predicted octanol–water partition coefficient (Wildman–Crippen LogP) is 2.59. The molecule has 29 heavy (non-hydrogen) atoms. The summed E-state index contributed by atoms with van der Waals surface area (Å²) >= 11 is 0. The zero-order valence-electron chi connectivity index (χ0n) is 18.4. The highest BCUT2D eigenvalue weighted by Crippen LogP contribution is 2.22. The van der Waals surface area contributed by atoms with Crippen LogP contribution in [0, 0.1) is 5.41 Å². The lowest BCUT2D eigenvalue weighted by molar-refractivity contribution is 0.0205. The van der Waals surface area contributed by atoms with Crippen LogP contribution in [0.3, 0.4) is 0 Å². The van der Waals surface area contributed by atoms with Gasteiger partial charge in [0.2, 0.25) is 10.0 Å². The van der Waals surface area contributed by atoms with Crippen LogP contribution < -0.4 is 10.6 Å². The van der Waals surface area contributed by atoms with Gasteiger partial charge in [-0.25, -0.2) is 8.42 Å². The van der Waals surface area contributed by atoms with Crippen molar-refractivity contribution < 1.29 is 13.2 Å². The van der Waals surface area contributed by atoms with Crippen molar-refractivity contribution in [2.75, 3.05) is 33.8 Å². The van der Waals surface area contributed by atoms with Crippen LogP contribution in [0.1, 0.15) is 45.6 Å². The number of guanidine groups is 1. The molecular formula is C21H36N4O3S. The lowest BCUT2D eigenvalue weighted by Crippen LogP contribution is -2.45. The van der Waals surface area contributed by atoms with E-state index < -0.39 is 10.0 Å². The van der Waals surface area contributed by atoms with Crippen molar-refractivity contribution in [2.24, 2.45) is 10.4 Å². The van der Waals surface area contributed by atoms with Gasteiger partial charge in [-0.2, -0.15) is 4.31 Å². The van der Waals surface area contributed by atoms with E-state index in [1.165, 1.54) is 0 Å². The maximum Gasteiger partial charge on any atom is 0.243 e. The van der Waals surface area contributed by atoms with Gasteiger partial charge < -0.3 is 15.4 Å².